The van der Waals surface area contributed by atoms with Crippen LogP contribution in [-0.2, 0) is 9.59 Å². The lowest BCUT2D eigenvalue weighted by molar-refractivity contribution is -0.122. The highest BCUT2D eigenvalue weighted by atomic mass is 16.2. The van der Waals surface area contributed by atoms with Gasteiger partial charge in [0, 0.05) is 25.0 Å². The molecule has 0 aromatic carbocycles. The maximum absolute atomic E-state index is 11.6. The van der Waals surface area contributed by atoms with E-state index in [0.29, 0.717) is 25.7 Å². The molecule has 2 amide bonds. The molecule has 0 spiro atoms. The van der Waals surface area contributed by atoms with Crippen LogP contribution < -0.4 is 16.0 Å². The van der Waals surface area contributed by atoms with Crippen LogP contribution in [0.3, 0.4) is 0 Å². The summed E-state index contributed by atoms with van der Waals surface area (Å²) in [6.07, 6.45) is 6.75. The Labute approximate surface area is 108 Å². The number of carbonyl (C=O) groups is 2. The molecule has 0 atom stereocenters. The highest BCUT2D eigenvalue weighted by Crippen LogP contribution is 2.28. The number of carbonyl (C=O) groups excluding carboxylic acids is 2. The molecule has 5 heteroatoms. The van der Waals surface area contributed by atoms with Crippen LogP contribution in [0.2, 0.25) is 0 Å². The highest BCUT2D eigenvalue weighted by molar-refractivity contribution is 5.80. The van der Waals surface area contributed by atoms with Crippen LogP contribution in [0, 0.1) is 5.92 Å². The van der Waals surface area contributed by atoms with Crippen LogP contribution in [-0.4, -0.2) is 37.5 Å². The molecule has 5 nitrogen and oxygen atoms in total. The van der Waals surface area contributed by atoms with Gasteiger partial charge in [-0.05, 0) is 25.7 Å². The maximum Gasteiger partial charge on any atom is 0.234 e. The van der Waals surface area contributed by atoms with Crippen LogP contribution in [0.25, 0.3) is 0 Å². The van der Waals surface area contributed by atoms with Crippen molar-refractivity contribution >= 4 is 11.8 Å². The lowest BCUT2D eigenvalue weighted by Crippen LogP contribution is -2.41. The van der Waals surface area contributed by atoms with Gasteiger partial charge in [0.1, 0.15) is 0 Å². The fraction of sp³-hybridized carbons (Fsp3) is 0.846. The summed E-state index contributed by atoms with van der Waals surface area (Å²) in [7, 11) is 0. The van der Waals surface area contributed by atoms with E-state index in [2.05, 4.69) is 16.0 Å². The van der Waals surface area contributed by atoms with Gasteiger partial charge in [-0.1, -0.05) is 12.8 Å². The zero-order chi connectivity index (χ0) is 12.8. The molecule has 0 unspecified atom stereocenters. The Morgan fingerprint density at radius 2 is 1.72 bits per heavy atom. The third-order valence-corrected chi connectivity index (χ3v) is 3.55. The summed E-state index contributed by atoms with van der Waals surface area (Å²) in [5.74, 6) is 0.485. The average molecular weight is 253 g/mol. The summed E-state index contributed by atoms with van der Waals surface area (Å²) in [6.45, 7) is 1.60. The normalized spacial score (nSPS) is 19.8. The van der Waals surface area contributed by atoms with Crippen LogP contribution >= 0.6 is 0 Å². The number of hydrogen-bond acceptors (Lipinski definition) is 3. The van der Waals surface area contributed by atoms with E-state index < -0.39 is 0 Å². The third-order valence-electron chi connectivity index (χ3n) is 3.55. The Morgan fingerprint density at radius 1 is 1.00 bits per heavy atom. The zero-order valence-corrected chi connectivity index (χ0v) is 10.8. The van der Waals surface area contributed by atoms with Crippen LogP contribution in [0.5, 0.6) is 0 Å². The largest absolute Gasteiger partial charge is 0.355 e. The first-order valence-corrected chi connectivity index (χ1v) is 7.03. The molecule has 18 heavy (non-hydrogen) atoms. The van der Waals surface area contributed by atoms with E-state index in [1.807, 2.05) is 0 Å². The maximum atomic E-state index is 11.6. The third kappa shape index (κ3) is 4.64. The highest BCUT2D eigenvalue weighted by Gasteiger charge is 2.28. The average Bonchev–Trinajstić information content (AvgIpc) is 3.08. The van der Waals surface area contributed by atoms with Crippen molar-refractivity contribution < 1.29 is 9.59 Å². The predicted octanol–water partition coefficient (Wildman–Crippen LogP) is 0.161. The van der Waals surface area contributed by atoms with E-state index in [1.165, 1.54) is 12.8 Å². The predicted molar refractivity (Wildman–Crippen MR) is 69.0 cm³/mol. The first-order chi connectivity index (χ1) is 8.75. The Balaban J connectivity index is 1.44. The summed E-state index contributed by atoms with van der Waals surface area (Å²) in [5.41, 5.74) is 0. The molecule has 2 saturated carbocycles. The molecule has 0 radical (unpaired) electrons. The molecule has 102 valence electrons. The lowest BCUT2D eigenvalue weighted by Gasteiger charge is -2.12. The minimum atomic E-state index is 0.0652. The molecule has 2 fully saturated rings. The van der Waals surface area contributed by atoms with Gasteiger partial charge in [-0.15, -0.1) is 0 Å². The molecule has 2 rings (SSSR count). The van der Waals surface area contributed by atoms with Crippen molar-refractivity contribution in [3.05, 3.63) is 0 Å². The first-order valence-electron chi connectivity index (χ1n) is 7.03. The van der Waals surface area contributed by atoms with E-state index >= 15 is 0 Å². The van der Waals surface area contributed by atoms with Gasteiger partial charge in [0.25, 0.3) is 0 Å². The second-order valence-electron chi connectivity index (χ2n) is 5.29. The molecule has 0 saturated heterocycles. The van der Waals surface area contributed by atoms with Crippen molar-refractivity contribution in [2.75, 3.05) is 19.6 Å². The van der Waals surface area contributed by atoms with Gasteiger partial charge >= 0.3 is 0 Å². The van der Waals surface area contributed by atoms with Crippen molar-refractivity contribution in [3.8, 4) is 0 Å². The molecule has 0 aliphatic heterocycles. The molecule has 0 aromatic heterocycles. The Bertz CT molecular complexity index is 297. The molecular weight excluding hydrogens is 230 g/mol. The first kappa shape index (κ1) is 13.3. The van der Waals surface area contributed by atoms with Gasteiger partial charge in [0.15, 0.2) is 0 Å². The van der Waals surface area contributed by atoms with Gasteiger partial charge in [-0.3, -0.25) is 9.59 Å². The monoisotopic (exact) mass is 253 g/mol. The van der Waals surface area contributed by atoms with Gasteiger partial charge in [0.05, 0.1) is 6.54 Å². The minimum absolute atomic E-state index is 0.0652. The Hall–Kier alpha value is -1.10. The van der Waals surface area contributed by atoms with E-state index in [9.17, 15) is 9.59 Å². The standard InChI is InChI=1S/C13H23N3O2/c17-12(16-11-3-1-2-4-11)9-14-7-8-15-13(18)10-5-6-10/h10-11,14H,1-9H2,(H,15,18)(H,16,17). The fourth-order valence-corrected chi connectivity index (χ4v) is 2.31. The molecule has 0 bridgehead atoms. The smallest absolute Gasteiger partial charge is 0.234 e. The lowest BCUT2D eigenvalue weighted by atomic mass is 10.2. The van der Waals surface area contributed by atoms with Crippen molar-refractivity contribution in [2.45, 2.75) is 44.6 Å². The molecule has 0 heterocycles. The van der Waals surface area contributed by atoms with Gasteiger partial charge in [-0.2, -0.15) is 0 Å². The van der Waals surface area contributed by atoms with Crippen LogP contribution in [0.4, 0.5) is 0 Å². The number of nitrogens with one attached hydrogen (secondary N) is 3. The van der Waals surface area contributed by atoms with E-state index in [1.54, 1.807) is 0 Å². The van der Waals surface area contributed by atoms with E-state index in [4.69, 9.17) is 0 Å². The number of hydrogen-bond donors (Lipinski definition) is 3. The SMILES string of the molecule is O=C(CNCCNC(=O)C1CC1)NC1CCCC1. The molecule has 2 aliphatic rings. The van der Waals surface area contributed by atoms with Crippen LogP contribution in [0.15, 0.2) is 0 Å². The fourth-order valence-electron chi connectivity index (χ4n) is 2.31. The summed E-state index contributed by atoms with van der Waals surface area (Å²) >= 11 is 0. The second kappa shape index (κ2) is 6.73. The van der Waals surface area contributed by atoms with Gasteiger partial charge in [-0.25, -0.2) is 0 Å². The molecule has 3 N–H and O–H groups in total. The summed E-state index contributed by atoms with van der Waals surface area (Å²) in [4.78, 5) is 22.9. The number of rotatable bonds is 7. The van der Waals surface area contributed by atoms with Crippen molar-refractivity contribution in [1.82, 2.24) is 16.0 Å². The van der Waals surface area contributed by atoms with Crippen LogP contribution in [0.1, 0.15) is 38.5 Å². The topological polar surface area (TPSA) is 70.2 Å². The molecule has 2 aliphatic carbocycles. The summed E-state index contributed by atoms with van der Waals surface area (Å²) in [6, 6.07) is 0.383. The number of amides is 2. The quantitative estimate of drug-likeness (QED) is 0.566. The van der Waals surface area contributed by atoms with Gasteiger partial charge < -0.3 is 16.0 Å². The minimum Gasteiger partial charge on any atom is -0.355 e. The van der Waals surface area contributed by atoms with Crippen molar-refractivity contribution in [1.29, 1.82) is 0 Å². The summed E-state index contributed by atoms with van der Waals surface area (Å²) < 4.78 is 0. The van der Waals surface area contributed by atoms with Gasteiger partial charge in [0.2, 0.25) is 11.8 Å². The molecular formula is C13H23N3O2. The van der Waals surface area contributed by atoms with Crippen molar-refractivity contribution in [2.24, 2.45) is 5.92 Å². The second-order valence-corrected chi connectivity index (χ2v) is 5.29. The van der Waals surface area contributed by atoms with E-state index in [-0.39, 0.29) is 17.7 Å². The Morgan fingerprint density at radius 3 is 2.39 bits per heavy atom. The van der Waals surface area contributed by atoms with Crippen molar-refractivity contribution in [3.63, 3.8) is 0 Å². The Kier molecular flexibility index (Phi) is 4.99. The zero-order valence-electron chi connectivity index (χ0n) is 10.8. The summed E-state index contributed by atoms with van der Waals surface area (Å²) in [5, 5.41) is 8.92. The molecule has 0 aromatic rings. The van der Waals surface area contributed by atoms with E-state index in [0.717, 1.165) is 25.7 Å².